The highest BCUT2D eigenvalue weighted by molar-refractivity contribution is 7.99. The van der Waals surface area contributed by atoms with Crippen LogP contribution in [0.15, 0.2) is 52.3 Å². The zero-order chi connectivity index (χ0) is 21.6. The molecule has 0 spiro atoms. The molecule has 164 valence electrons. The third-order valence-electron chi connectivity index (χ3n) is 5.22. The van der Waals surface area contributed by atoms with Crippen molar-refractivity contribution in [2.75, 3.05) is 56.3 Å². The van der Waals surface area contributed by atoms with Crippen molar-refractivity contribution in [3.63, 3.8) is 0 Å². The van der Waals surface area contributed by atoms with E-state index in [1.807, 2.05) is 35.2 Å². The zero-order valence-electron chi connectivity index (χ0n) is 17.9. The van der Waals surface area contributed by atoms with Crippen LogP contribution in [0.3, 0.4) is 0 Å². The van der Waals surface area contributed by atoms with Gasteiger partial charge in [-0.15, -0.1) is 23.5 Å². The Morgan fingerprint density at radius 3 is 2.61 bits per heavy atom. The largest absolute Gasteiger partial charge is 0.379 e. The number of anilines is 1. The minimum atomic E-state index is 0.00505. The maximum atomic E-state index is 13.5. The number of thioether (sulfide) groups is 2. The number of fused-ring (bicyclic) bond motifs is 1. The van der Waals surface area contributed by atoms with Crippen LogP contribution in [-0.4, -0.2) is 67.2 Å². The van der Waals surface area contributed by atoms with Crippen molar-refractivity contribution in [3.8, 4) is 0 Å². The van der Waals surface area contributed by atoms with Crippen molar-refractivity contribution >= 4 is 56.1 Å². The van der Waals surface area contributed by atoms with E-state index in [4.69, 9.17) is 9.72 Å². The number of benzene rings is 2. The molecule has 1 amide bonds. The van der Waals surface area contributed by atoms with Gasteiger partial charge in [-0.25, -0.2) is 4.98 Å². The van der Waals surface area contributed by atoms with E-state index in [0.29, 0.717) is 12.1 Å². The summed E-state index contributed by atoms with van der Waals surface area (Å²) in [4.78, 5) is 24.9. The van der Waals surface area contributed by atoms with E-state index in [0.717, 1.165) is 53.9 Å². The lowest BCUT2D eigenvalue weighted by molar-refractivity contribution is 0.0391. The van der Waals surface area contributed by atoms with Crippen molar-refractivity contribution < 1.29 is 9.53 Å². The van der Waals surface area contributed by atoms with Gasteiger partial charge in [-0.1, -0.05) is 18.3 Å². The van der Waals surface area contributed by atoms with Gasteiger partial charge in [0.15, 0.2) is 5.13 Å². The summed E-state index contributed by atoms with van der Waals surface area (Å²) in [7, 11) is 0. The molecular formula is C23H27N3O2S3. The van der Waals surface area contributed by atoms with Crippen molar-refractivity contribution in [1.82, 2.24) is 9.88 Å². The molecule has 0 N–H and O–H groups in total. The summed E-state index contributed by atoms with van der Waals surface area (Å²) >= 11 is 5.09. The highest BCUT2D eigenvalue weighted by atomic mass is 32.2. The first-order valence-electron chi connectivity index (χ1n) is 10.5. The van der Waals surface area contributed by atoms with E-state index in [9.17, 15) is 4.79 Å². The zero-order valence-corrected chi connectivity index (χ0v) is 20.3. The van der Waals surface area contributed by atoms with Gasteiger partial charge in [0.1, 0.15) is 0 Å². The standard InChI is InChI=1S/C23H27N3O2S3/c1-3-30-18-6-4-17(5-7-18)22(27)26(11-10-25-12-14-28-15-13-25)23-24-20-9-8-19(29-2)16-21(20)31-23/h4-9,16H,3,10-15H2,1-2H3. The SMILES string of the molecule is CCSc1ccc(C(=O)N(CCN2CCOCC2)c2nc3ccc(SC)cc3s2)cc1. The molecule has 8 heteroatoms. The Morgan fingerprint density at radius 1 is 1.16 bits per heavy atom. The van der Waals surface area contributed by atoms with Crippen molar-refractivity contribution in [2.24, 2.45) is 0 Å². The van der Waals surface area contributed by atoms with E-state index >= 15 is 0 Å². The number of morpholine rings is 1. The molecule has 1 fully saturated rings. The molecule has 0 atom stereocenters. The molecular weight excluding hydrogens is 446 g/mol. The van der Waals surface area contributed by atoms with Gasteiger partial charge in [0, 0.05) is 41.5 Å². The Hall–Kier alpha value is -1.58. The Morgan fingerprint density at radius 2 is 1.90 bits per heavy atom. The molecule has 1 aliphatic heterocycles. The van der Waals surface area contributed by atoms with Crippen molar-refractivity contribution in [3.05, 3.63) is 48.0 Å². The Kier molecular flexibility index (Phi) is 7.90. The first-order valence-corrected chi connectivity index (χ1v) is 13.5. The van der Waals surface area contributed by atoms with Gasteiger partial charge in [-0.3, -0.25) is 14.6 Å². The molecule has 0 aliphatic carbocycles. The van der Waals surface area contributed by atoms with E-state index < -0.39 is 0 Å². The van der Waals surface area contributed by atoms with Crippen LogP contribution >= 0.6 is 34.9 Å². The summed E-state index contributed by atoms with van der Waals surface area (Å²) in [5, 5.41) is 0.763. The number of rotatable bonds is 8. The van der Waals surface area contributed by atoms with Crippen molar-refractivity contribution in [1.29, 1.82) is 0 Å². The van der Waals surface area contributed by atoms with Gasteiger partial charge in [-0.2, -0.15) is 0 Å². The molecule has 5 nitrogen and oxygen atoms in total. The minimum absolute atomic E-state index is 0.00505. The molecule has 1 saturated heterocycles. The van der Waals surface area contributed by atoms with Gasteiger partial charge in [0.25, 0.3) is 5.91 Å². The second-order valence-corrected chi connectivity index (χ2v) is 10.4. The molecule has 1 aliphatic rings. The second kappa shape index (κ2) is 10.8. The number of nitrogens with zero attached hydrogens (tertiary/aromatic N) is 3. The lowest BCUT2D eigenvalue weighted by Crippen LogP contribution is -2.43. The quantitative estimate of drug-likeness (QED) is 0.424. The van der Waals surface area contributed by atoms with Crippen LogP contribution in [0.2, 0.25) is 0 Å². The lowest BCUT2D eigenvalue weighted by Gasteiger charge is -2.29. The van der Waals surface area contributed by atoms with E-state index in [1.54, 1.807) is 34.9 Å². The predicted octanol–water partition coefficient (Wildman–Crippen LogP) is 5.11. The summed E-state index contributed by atoms with van der Waals surface area (Å²) in [6, 6.07) is 14.2. The number of ether oxygens (including phenoxy) is 1. The second-order valence-electron chi connectivity index (χ2n) is 7.20. The van der Waals surface area contributed by atoms with Gasteiger partial charge in [0.05, 0.1) is 23.4 Å². The number of carbonyl (C=O) groups excluding carboxylic acids is 1. The summed E-state index contributed by atoms with van der Waals surface area (Å²) in [5.74, 6) is 1.02. The number of thiazole rings is 1. The van der Waals surface area contributed by atoms with Crippen LogP contribution in [-0.2, 0) is 4.74 Å². The number of carbonyl (C=O) groups is 1. The highest BCUT2D eigenvalue weighted by Gasteiger charge is 2.23. The van der Waals surface area contributed by atoms with Gasteiger partial charge < -0.3 is 4.74 Å². The fourth-order valence-electron chi connectivity index (χ4n) is 3.50. The average Bonchev–Trinajstić information content (AvgIpc) is 3.23. The Labute approximate surface area is 196 Å². The van der Waals surface area contributed by atoms with Gasteiger partial charge in [-0.05, 0) is 54.5 Å². The third kappa shape index (κ3) is 5.62. The topological polar surface area (TPSA) is 45.7 Å². The molecule has 0 saturated carbocycles. The fraction of sp³-hybridized carbons (Fsp3) is 0.391. The molecule has 0 bridgehead atoms. The summed E-state index contributed by atoms with van der Waals surface area (Å²) in [5.41, 5.74) is 1.64. The normalized spacial score (nSPS) is 14.8. The highest BCUT2D eigenvalue weighted by Crippen LogP contribution is 2.32. The lowest BCUT2D eigenvalue weighted by atomic mass is 10.2. The van der Waals surface area contributed by atoms with E-state index in [-0.39, 0.29) is 5.91 Å². The summed E-state index contributed by atoms with van der Waals surface area (Å²) < 4.78 is 6.58. The summed E-state index contributed by atoms with van der Waals surface area (Å²) in [6.07, 6.45) is 2.07. The number of hydrogen-bond acceptors (Lipinski definition) is 7. The molecule has 0 radical (unpaired) electrons. The van der Waals surface area contributed by atoms with Gasteiger partial charge in [0.2, 0.25) is 0 Å². The maximum absolute atomic E-state index is 13.5. The van der Waals surface area contributed by atoms with E-state index in [2.05, 4.69) is 30.2 Å². The smallest absolute Gasteiger partial charge is 0.260 e. The van der Waals surface area contributed by atoms with E-state index in [1.165, 1.54) is 9.79 Å². The molecule has 4 rings (SSSR count). The molecule has 1 aromatic heterocycles. The van der Waals surface area contributed by atoms with Crippen LogP contribution in [0, 0.1) is 0 Å². The van der Waals surface area contributed by atoms with Crippen LogP contribution in [0.25, 0.3) is 10.2 Å². The van der Waals surface area contributed by atoms with Gasteiger partial charge >= 0.3 is 0 Å². The minimum Gasteiger partial charge on any atom is -0.379 e. The van der Waals surface area contributed by atoms with Crippen LogP contribution in [0.4, 0.5) is 5.13 Å². The summed E-state index contributed by atoms with van der Waals surface area (Å²) in [6.45, 7) is 6.87. The third-order valence-corrected chi connectivity index (χ3v) is 7.88. The molecule has 31 heavy (non-hydrogen) atoms. The molecule has 0 unspecified atom stereocenters. The van der Waals surface area contributed by atoms with Crippen LogP contribution < -0.4 is 4.90 Å². The monoisotopic (exact) mass is 473 g/mol. The predicted molar refractivity (Wildman–Crippen MR) is 133 cm³/mol. The molecule has 2 aromatic carbocycles. The van der Waals surface area contributed by atoms with Crippen molar-refractivity contribution in [2.45, 2.75) is 16.7 Å². The number of aromatic nitrogens is 1. The first kappa shape index (κ1) is 22.6. The Bertz CT molecular complexity index is 1020. The molecule has 3 aromatic rings. The maximum Gasteiger partial charge on any atom is 0.260 e. The number of hydrogen-bond donors (Lipinski definition) is 0. The molecule has 2 heterocycles. The first-order chi connectivity index (χ1) is 15.2. The Balaban J connectivity index is 1.60. The van der Waals surface area contributed by atoms with Crippen LogP contribution in [0.5, 0.6) is 0 Å². The van der Waals surface area contributed by atoms with Crippen LogP contribution in [0.1, 0.15) is 17.3 Å². The average molecular weight is 474 g/mol. The fourth-order valence-corrected chi connectivity index (χ4v) is 5.71. The number of amides is 1.